The SMILES string of the molecule is CSc1ccc(-c2nnc(Br)o2)cc1. The zero-order valence-corrected chi connectivity index (χ0v) is 9.80. The highest BCUT2D eigenvalue weighted by Crippen LogP contribution is 2.22. The van der Waals surface area contributed by atoms with E-state index in [0.717, 1.165) is 5.56 Å². The van der Waals surface area contributed by atoms with Crippen LogP contribution in [0.4, 0.5) is 0 Å². The van der Waals surface area contributed by atoms with Crippen LogP contribution in [0, 0.1) is 0 Å². The Kier molecular flexibility index (Phi) is 2.88. The molecule has 0 aliphatic carbocycles. The van der Waals surface area contributed by atoms with Gasteiger partial charge in [0.1, 0.15) is 0 Å². The molecular weight excluding hydrogens is 264 g/mol. The smallest absolute Gasteiger partial charge is 0.285 e. The predicted molar refractivity (Wildman–Crippen MR) is 59.2 cm³/mol. The minimum absolute atomic E-state index is 0.404. The molecule has 1 aromatic carbocycles. The van der Waals surface area contributed by atoms with Gasteiger partial charge in [-0.2, -0.15) is 0 Å². The highest BCUT2D eigenvalue weighted by molar-refractivity contribution is 9.10. The molecular formula is C9H7BrN2OS. The molecule has 0 bridgehead atoms. The molecule has 14 heavy (non-hydrogen) atoms. The number of aromatic nitrogens is 2. The molecule has 0 unspecified atom stereocenters. The molecule has 3 nitrogen and oxygen atoms in total. The van der Waals surface area contributed by atoms with Crippen molar-refractivity contribution in [2.75, 3.05) is 6.26 Å². The summed E-state index contributed by atoms with van der Waals surface area (Å²) >= 11 is 4.82. The van der Waals surface area contributed by atoms with E-state index in [1.54, 1.807) is 11.8 Å². The Morgan fingerprint density at radius 2 is 1.93 bits per heavy atom. The van der Waals surface area contributed by atoms with Gasteiger partial charge in [0.15, 0.2) is 0 Å². The van der Waals surface area contributed by atoms with E-state index < -0.39 is 0 Å². The highest BCUT2D eigenvalue weighted by atomic mass is 79.9. The first-order valence-corrected chi connectivity index (χ1v) is 5.95. The second-order valence-corrected chi connectivity index (χ2v) is 4.15. The van der Waals surface area contributed by atoms with Crippen LogP contribution < -0.4 is 0 Å². The second kappa shape index (κ2) is 4.14. The van der Waals surface area contributed by atoms with Crippen LogP contribution in [0.1, 0.15) is 0 Å². The van der Waals surface area contributed by atoms with Gasteiger partial charge < -0.3 is 4.42 Å². The van der Waals surface area contributed by atoms with Crippen LogP contribution >= 0.6 is 27.7 Å². The predicted octanol–water partition coefficient (Wildman–Crippen LogP) is 3.22. The van der Waals surface area contributed by atoms with E-state index in [0.29, 0.717) is 10.7 Å². The topological polar surface area (TPSA) is 38.9 Å². The van der Waals surface area contributed by atoms with Crippen molar-refractivity contribution in [3.05, 3.63) is 29.1 Å². The van der Waals surface area contributed by atoms with Crippen molar-refractivity contribution < 1.29 is 4.42 Å². The first-order valence-electron chi connectivity index (χ1n) is 3.93. The summed E-state index contributed by atoms with van der Waals surface area (Å²) in [5.41, 5.74) is 0.931. The molecule has 0 spiro atoms. The average Bonchev–Trinajstić information content (AvgIpc) is 2.65. The lowest BCUT2D eigenvalue weighted by Crippen LogP contribution is -1.77. The first-order chi connectivity index (χ1) is 6.79. The van der Waals surface area contributed by atoms with Gasteiger partial charge in [0, 0.05) is 26.4 Å². The Labute approximate surface area is 94.0 Å². The number of halogens is 1. The number of rotatable bonds is 2. The summed E-state index contributed by atoms with van der Waals surface area (Å²) in [6.45, 7) is 0. The molecule has 2 rings (SSSR count). The van der Waals surface area contributed by atoms with E-state index in [9.17, 15) is 0 Å². The number of hydrogen-bond acceptors (Lipinski definition) is 4. The molecule has 0 aliphatic rings. The first kappa shape index (κ1) is 9.73. The van der Waals surface area contributed by atoms with Crippen LogP contribution in [0.25, 0.3) is 11.5 Å². The van der Waals surface area contributed by atoms with Crippen LogP contribution in [-0.4, -0.2) is 16.5 Å². The molecule has 0 fully saturated rings. The molecule has 0 saturated carbocycles. The fourth-order valence-electron chi connectivity index (χ4n) is 1.06. The molecule has 72 valence electrons. The Morgan fingerprint density at radius 1 is 1.21 bits per heavy atom. The third kappa shape index (κ3) is 1.99. The Morgan fingerprint density at radius 3 is 2.43 bits per heavy atom. The molecule has 0 saturated heterocycles. The largest absolute Gasteiger partial charge is 0.411 e. The Balaban J connectivity index is 2.33. The van der Waals surface area contributed by atoms with Crippen LogP contribution in [0.15, 0.2) is 38.4 Å². The summed E-state index contributed by atoms with van der Waals surface area (Å²) in [6, 6.07) is 7.98. The normalized spacial score (nSPS) is 10.4. The van der Waals surface area contributed by atoms with E-state index in [4.69, 9.17) is 4.42 Å². The summed E-state index contributed by atoms with van der Waals surface area (Å²) in [5, 5.41) is 7.60. The molecule has 0 amide bonds. The minimum Gasteiger partial charge on any atom is -0.411 e. The third-order valence-electron chi connectivity index (χ3n) is 1.74. The van der Waals surface area contributed by atoms with E-state index >= 15 is 0 Å². The van der Waals surface area contributed by atoms with E-state index in [1.165, 1.54) is 4.90 Å². The number of thioether (sulfide) groups is 1. The monoisotopic (exact) mass is 270 g/mol. The third-order valence-corrected chi connectivity index (χ3v) is 2.80. The molecule has 1 heterocycles. The number of benzene rings is 1. The summed E-state index contributed by atoms with van der Waals surface area (Å²) < 4.78 is 5.23. The highest BCUT2D eigenvalue weighted by Gasteiger charge is 2.05. The number of nitrogens with zero attached hydrogens (tertiary/aromatic N) is 2. The summed E-state index contributed by atoms with van der Waals surface area (Å²) in [5.74, 6) is 0.532. The van der Waals surface area contributed by atoms with Crippen molar-refractivity contribution in [3.8, 4) is 11.5 Å². The molecule has 1 aromatic heterocycles. The van der Waals surface area contributed by atoms with Gasteiger partial charge in [-0.15, -0.1) is 22.0 Å². The van der Waals surface area contributed by atoms with E-state index in [2.05, 4.69) is 26.1 Å². The fraction of sp³-hybridized carbons (Fsp3) is 0.111. The Bertz CT molecular complexity index is 427. The summed E-state index contributed by atoms with van der Waals surface area (Å²) in [6.07, 6.45) is 2.04. The summed E-state index contributed by atoms with van der Waals surface area (Å²) in [4.78, 5) is 1.62. The van der Waals surface area contributed by atoms with Gasteiger partial charge in [-0.3, -0.25) is 0 Å². The van der Waals surface area contributed by atoms with Crippen LogP contribution in [0.5, 0.6) is 0 Å². The second-order valence-electron chi connectivity index (χ2n) is 2.59. The van der Waals surface area contributed by atoms with Crippen LogP contribution in [-0.2, 0) is 0 Å². The molecule has 0 N–H and O–H groups in total. The molecule has 5 heteroatoms. The number of hydrogen-bond donors (Lipinski definition) is 0. The van der Waals surface area contributed by atoms with Gasteiger partial charge in [-0.05, 0) is 30.5 Å². The van der Waals surface area contributed by atoms with Gasteiger partial charge >= 0.3 is 0 Å². The lowest BCUT2D eigenvalue weighted by molar-refractivity contribution is 0.540. The average molecular weight is 271 g/mol. The standard InChI is InChI=1S/C9H7BrN2OS/c1-14-7-4-2-6(3-5-7)8-11-12-9(10)13-8/h2-5H,1H3. The maximum atomic E-state index is 5.23. The zero-order valence-electron chi connectivity index (χ0n) is 7.40. The van der Waals surface area contributed by atoms with Crippen molar-refractivity contribution in [1.29, 1.82) is 0 Å². The van der Waals surface area contributed by atoms with Crippen molar-refractivity contribution in [2.24, 2.45) is 0 Å². The zero-order chi connectivity index (χ0) is 9.97. The van der Waals surface area contributed by atoms with Crippen molar-refractivity contribution in [1.82, 2.24) is 10.2 Å². The van der Waals surface area contributed by atoms with Gasteiger partial charge in [0.25, 0.3) is 4.80 Å². The van der Waals surface area contributed by atoms with Gasteiger partial charge in [0.2, 0.25) is 5.89 Å². The molecule has 0 radical (unpaired) electrons. The maximum absolute atomic E-state index is 5.23. The molecule has 2 aromatic rings. The Hall–Kier alpha value is -0.810. The minimum atomic E-state index is 0.404. The maximum Gasteiger partial charge on any atom is 0.285 e. The van der Waals surface area contributed by atoms with Crippen molar-refractivity contribution >= 4 is 27.7 Å². The molecule has 0 atom stereocenters. The fourth-order valence-corrected chi connectivity index (χ4v) is 1.70. The van der Waals surface area contributed by atoms with Crippen molar-refractivity contribution in [2.45, 2.75) is 4.90 Å². The summed E-state index contributed by atoms with van der Waals surface area (Å²) in [7, 11) is 0. The van der Waals surface area contributed by atoms with Crippen LogP contribution in [0.3, 0.4) is 0 Å². The van der Waals surface area contributed by atoms with Gasteiger partial charge in [-0.25, -0.2) is 0 Å². The lowest BCUT2D eigenvalue weighted by atomic mass is 10.2. The van der Waals surface area contributed by atoms with E-state index in [1.807, 2.05) is 30.5 Å². The van der Waals surface area contributed by atoms with Crippen LogP contribution in [0.2, 0.25) is 0 Å². The van der Waals surface area contributed by atoms with Gasteiger partial charge in [0.05, 0.1) is 0 Å². The molecule has 0 aliphatic heterocycles. The lowest BCUT2D eigenvalue weighted by Gasteiger charge is -1.96. The quantitative estimate of drug-likeness (QED) is 0.786. The van der Waals surface area contributed by atoms with E-state index in [-0.39, 0.29) is 0 Å². The van der Waals surface area contributed by atoms with Gasteiger partial charge in [-0.1, -0.05) is 0 Å². The van der Waals surface area contributed by atoms with Crippen molar-refractivity contribution in [3.63, 3.8) is 0 Å².